The Labute approximate surface area is 200 Å². The summed E-state index contributed by atoms with van der Waals surface area (Å²) in [5.41, 5.74) is 7.82. The van der Waals surface area contributed by atoms with E-state index in [-0.39, 0.29) is 0 Å². The van der Waals surface area contributed by atoms with Gasteiger partial charge in [0.15, 0.2) is 0 Å². The Morgan fingerprint density at radius 1 is 0.412 bits per heavy atom. The maximum atomic E-state index is 9.76. The van der Waals surface area contributed by atoms with Crippen LogP contribution >= 0.6 is 0 Å². The summed E-state index contributed by atoms with van der Waals surface area (Å²) in [5.74, 6) is 0. The maximum Gasteiger partial charge on any atom is 0.488 e. The predicted octanol–water partition coefficient (Wildman–Crippen LogP) is 6.17. The molecule has 0 aromatic heterocycles. The molecule has 0 aliphatic rings. The molecular weight excluding hydrogens is 417 g/mol. The van der Waals surface area contributed by atoms with E-state index in [1.54, 1.807) is 6.07 Å². The number of rotatable bonds is 6. The maximum absolute atomic E-state index is 9.76. The van der Waals surface area contributed by atoms with Gasteiger partial charge < -0.3 is 14.9 Å². The number of anilines is 3. The summed E-state index contributed by atoms with van der Waals surface area (Å²) in [6.45, 7) is 0. The van der Waals surface area contributed by atoms with E-state index in [1.807, 2.05) is 60.7 Å². The SMILES string of the molecule is OB(O)c1cccc(N(c2ccc(-c3ccccc3)cc2)c2cccc(-c3ccccc3)c2)c1. The standard InChI is InChI=1S/C30H24BNO2/c33-31(34)27-14-8-16-30(22-27)32(28-19-17-25(18-20-28)23-9-3-1-4-10-23)29-15-7-13-26(21-29)24-11-5-2-6-12-24/h1-22,33-34H. The average Bonchev–Trinajstić information content (AvgIpc) is 2.91. The molecule has 0 saturated carbocycles. The lowest BCUT2D eigenvalue weighted by atomic mass is 9.80. The molecule has 5 rings (SSSR count). The number of nitrogens with zero attached hydrogens (tertiary/aromatic N) is 1. The van der Waals surface area contributed by atoms with E-state index in [0.29, 0.717) is 5.46 Å². The van der Waals surface area contributed by atoms with Crippen molar-refractivity contribution in [1.82, 2.24) is 0 Å². The summed E-state index contributed by atoms with van der Waals surface area (Å²) >= 11 is 0. The van der Waals surface area contributed by atoms with Crippen LogP contribution < -0.4 is 10.4 Å². The fourth-order valence-corrected chi connectivity index (χ4v) is 4.16. The first kappa shape index (κ1) is 21.7. The summed E-state index contributed by atoms with van der Waals surface area (Å²) < 4.78 is 0. The molecule has 0 aliphatic heterocycles. The second-order valence-corrected chi connectivity index (χ2v) is 8.13. The second-order valence-electron chi connectivity index (χ2n) is 8.13. The Kier molecular flexibility index (Phi) is 6.26. The molecule has 0 heterocycles. The Hall–Kier alpha value is -4.12. The summed E-state index contributed by atoms with van der Waals surface area (Å²) in [5, 5.41) is 19.5. The first-order valence-corrected chi connectivity index (χ1v) is 11.3. The number of benzene rings is 5. The lowest BCUT2D eigenvalue weighted by molar-refractivity contribution is 0.426. The van der Waals surface area contributed by atoms with Crippen LogP contribution in [0.4, 0.5) is 17.1 Å². The smallest absolute Gasteiger partial charge is 0.423 e. The molecule has 5 aromatic rings. The fraction of sp³-hybridized carbons (Fsp3) is 0. The van der Waals surface area contributed by atoms with Crippen molar-refractivity contribution in [2.24, 2.45) is 0 Å². The van der Waals surface area contributed by atoms with Crippen molar-refractivity contribution < 1.29 is 10.0 Å². The molecule has 4 heteroatoms. The third-order valence-corrected chi connectivity index (χ3v) is 5.87. The molecule has 0 amide bonds. The highest BCUT2D eigenvalue weighted by atomic mass is 16.4. The van der Waals surface area contributed by atoms with Gasteiger partial charge in [-0.1, -0.05) is 97.1 Å². The molecule has 0 aliphatic carbocycles. The van der Waals surface area contributed by atoms with E-state index in [1.165, 1.54) is 0 Å². The Balaban J connectivity index is 1.61. The molecule has 0 fully saturated rings. The van der Waals surface area contributed by atoms with Gasteiger partial charge in [0, 0.05) is 17.1 Å². The van der Waals surface area contributed by atoms with Crippen LogP contribution in [0.3, 0.4) is 0 Å². The number of hydrogen-bond donors (Lipinski definition) is 2. The number of hydrogen-bond acceptors (Lipinski definition) is 3. The van der Waals surface area contributed by atoms with Crippen molar-refractivity contribution in [3.8, 4) is 22.3 Å². The summed E-state index contributed by atoms with van der Waals surface area (Å²) in [6, 6.07) is 44.7. The lowest BCUT2D eigenvalue weighted by Crippen LogP contribution is -2.30. The van der Waals surface area contributed by atoms with E-state index in [9.17, 15) is 10.0 Å². The summed E-state index contributed by atoms with van der Waals surface area (Å²) in [4.78, 5) is 2.13. The van der Waals surface area contributed by atoms with Crippen LogP contribution in [0.5, 0.6) is 0 Å². The Morgan fingerprint density at radius 3 is 1.53 bits per heavy atom. The largest absolute Gasteiger partial charge is 0.488 e. The van der Waals surface area contributed by atoms with Gasteiger partial charge >= 0.3 is 7.12 Å². The summed E-state index contributed by atoms with van der Waals surface area (Å²) in [6.07, 6.45) is 0. The molecule has 0 radical (unpaired) electrons. The highest BCUT2D eigenvalue weighted by molar-refractivity contribution is 6.58. The van der Waals surface area contributed by atoms with Gasteiger partial charge in [-0.2, -0.15) is 0 Å². The molecular formula is C30H24BNO2. The highest BCUT2D eigenvalue weighted by Crippen LogP contribution is 2.37. The van der Waals surface area contributed by atoms with Crippen LogP contribution in [0.25, 0.3) is 22.3 Å². The molecule has 0 saturated heterocycles. The average molecular weight is 441 g/mol. The molecule has 5 aromatic carbocycles. The van der Waals surface area contributed by atoms with Gasteiger partial charge in [0.1, 0.15) is 0 Å². The molecule has 0 spiro atoms. The molecule has 164 valence electrons. The zero-order valence-electron chi connectivity index (χ0n) is 18.6. The first-order valence-electron chi connectivity index (χ1n) is 11.3. The highest BCUT2D eigenvalue weighted by Gasteiger charge is 2.17. The molecule has 0 bridgehead atoms. The van der Waals surface area contributed by atoms with E-state index in [2.05, 4.69) is 71.6 Å². The molecule has 0 atom stereocenters. The van der Waals surface area contributed by atoms with Crippen LogP contribution in [0.15, 0.2) is 133 Å². The van der Waals surface area contributed by atoms with Crippen molar-refractivity contribution in [2.45, 2.75) is 0 Å². The topological polar surface area (TPSA) is 43.7 Å². The Bertz CT molecular complexity index is 1370. The van der Waals surface area contributed by atoms with E-state index in [0.717, 1.165) is 39.3 Å². The van der Waals surface area contributed by atoms with Crippen molar-refractivity contribution >= 4 is 29.6 Å². The summed E-state index contributed by atoms with van der Waals surface area (Å²) in [7, 11) is -1.53. The third kappa shape index (κ3) is 4.64. The molecule has 3 nitrogen and oxygen atoms in total. The molecule has 2 N–H and O–H groups in total. The van der Waals surface area contributed by atoms with Gasteiger partial charge in [-0.05, 0) is 64.1 Å². The lowest BCUT2D eigenvalue weighted by Gasteiger charge is -2.26. The van der Waals surface area contributed by atoms with Crippen molar-refractivity contribution in [1.29, 1.82) is 0 Å². The fourth-order valence-electron chi connectivity index (χ4n) is 4.16. The first-order chi connectivity index (χ1) is 16.7. The van der Waals surface area contributed by atoms with E-state index in [4.69, 9.17) is 0 Å². The van der Waals surface area contributed by atoms with Crippen LogP contribution in [-0.4, -0.2) is 17.2 Å². The van der Waals surface area contributed by atoms with Crippen LogP contribution in [0.1, 0.15) is 0 Å². The van der Waals surface area contributed by atoms with Crippen molar-refractivity contribution in [3.05, 3.63) is 133 Å². The van der Waals surface area contributed by atoms with Gasteiger partial charge in [0.25, 0.3) is 0 Å². The van der Waals surface area contributed by atoms with Gasteiger partial charge in [0.05, 0.1) is 0 Å². The van der Waals surface area contributed by atoms with E-state index < -0.39 is 7.12 Å². The van der Waals surface area contributed by atoms with E-state index >= 15 is 0 Å². The predicted molar refractivity (Wildman–Crippen MR) is 142 cm³/mol. The molecule has 34 heavy (non-hydrogen) atoms. The van der Waals surface area contributed by atoms with Gasteiger partial charge in [-0.25, -0.2) is 0 Å². The zero-order valence-corrected chi connectivity index (χ0v) is 18.6. The van der Waals surface area contributed by atoms with Crippen LogP contribution in [-0.2, 0) is 0 Å². The minimum absolute atomic E-state index is 0.447. The zero-order chi connectivity index (χ0) is 23.3. The van der Waals surface area contributed by atoms with Gasteiger partial charge in [0.2, 0.25) is 0 Å². The van der Waals surface area contributed by atoms with Crippen molar-refractivity contribution in [2.75, 3.05) is 4.90 Å². The van der Waals surface area contributed by atoms with Crippen LogP contribution in [0.2, 0.25) is 0 Å². The minimum atomic E-state index is -1.53. The quantitative estimate of drug-likeness (QED) is 0.310. The second kappa shape index (κ2) is 9.80. The normalized spacial score (nSPS) is 10.6. The van der Waals surface area contributed by atoms with Gasteiger partial charge in [-0.3, -0.25) is 0 Å². The van der Waals surface area contributed by atoms with Gasteiger partial charge in [-0.15, -0.1) is 0 Å². The molecule has 0 unspecified atom stereocenters. The Morgan fingerprint density at radius 2 is 0.912 bits per heavy atom. The third-order valence-electron chi connectivity index (χ3n) is 5.87. The van der Waals surface area contributed by atoms with Crippen molar-refractivity contribution in [3.63, 3.8) is 0 Å². The van der Waals surface area contributed by atoms with Crippen LogP contribution in [0, 0.1) is 0 Å². The minimum Gasteiger partial charge on any atom is -0.423 e. The monoisotopic (exact) mass is 441 g/mol.